The van der Waals surface area contributed by atoms with Gasteiger partial charge in [-0.15, -0.1) is 0 Å². The number of piperazine rings is 1. The number of rotatable bonds is 8. The monoisotopic (exact) mass is 622 g/mol. The molecule has 12 heteroatoms. The van der Waals surface area contributed by atoms with Gasteiger partial charge in [0.1, 0.15) is 12.3 Å². The Kier molecular flexibility index (Phi) is 8.41. The molecule has 0 radical (unpaired) electrons. The maximum absolute atomic E-state index is 15.9. The number of ether oxygens (including phenoxy) is 1. The van der Waals surface area contributed by atoms with Gasteiger partial charge >= 0.3 is 6.18 Å². The van der Waals surface area contributed by atoms with E-state index in [-0.39, 0.29) is 23.7 Å². The number of halogens is 5. The largest absolute Gasteiger partial charge is 0.483 e. The third-order valence-electron chi connectivity index (χ3n) is 8.10. The van der Waals surface area contributed by atoms with E-state index in [1.807, 2.05) is 18.2 Å². The van der Waals surface area contributed by atoms with Crippen LogP contribution in [0.4, 0.5) is 27.9 Å². The molecule has 0 aliphatic carbocycles. The summed E-state index contributed by atoms with van der Waals surface area (Å²) in [6.07, 6.45) is -2.91. The minimum atomic E-state index is -5.11. The van der Waals surface area contributed by atoms with E-state index in [4.69, 9.17) is 9.72 Å². The highest BCUT2D eigenvalue weighted by molar-refractivity contribution is 5.91. The summed E-state index contributed by atoms with van der Waals surface area (Å²) in [6.45, 7) is 4.98. The molecule has 1 atom stereocenters. The highest BCUT2D eigenvalue weighted by atomic mass is 19.4. The van der Waals surface area contributed by atoms with Crippen LogP contribution in [0.3, 0.4) is 0 Å². The van der Waals surface area contributed by atoms with Crippen molar-refractivity contribution in [3.8, 4) is 17.0 Å². The van der Waals surface area contributed by atoms with E-state index < -0.39 is 34.7 Å². The van der Waals surface area contributed by atoms with Crippen LogP contribution in [-0.2, 0) is 26.3 Å². The fourth-order valence-electron chi connectivity index (χ4n) is 5.74. The number of nitrogens with zero attached hydrogens (tertiary/aromatic N) is 6. The van der Waals surface area contributed by atoms with E-state index in [2.05, 4.69) is 38.9 Å². The molecule has 6 rings (SSSR count). The number of likely N-dealkylation sites (N-methyl/N-ethyl adjacent to an activating group) is 1. The molecule has 1 aliphatic rings. The minimum Gasteiger partial charge on any atom is -0.483 e. The average Bonchev–Trinajstić information content (AvgIpc) is 3.36. The first-order valence-corrected chi connectivity index (χ1v) is 14.6. The van der Waals surface area contributed by atoms with E-state index in [1.165, 1.54) is 16.4 Å². The van der Waals surface area contributed by atoms with E-state index in [0.717, 1.165) is 26.1 Å². The van der Waals surface area contributed by atoms with Crippen molar-refractivity contribution in [3.05, 3.63) is 101 Å². The highest BCUT2D eigenvalue weighted by Crippen LogP contribution is 2.42. The molecule has 0 N–H and O–H groups in total. The number of benzene rings is 3. The van der Waals surface area contributed by atoms with E-state index in [0.29, 0.717) is 29.8 Å². The SMILES string of the molecule is CCN1CCN(c2ncc3c(-c4cc(C(F)(F)F)c(F)c(OCc5ccccc5)c4F)nn(C)c3n2)[C@H](Cc2ccccc2)C1. The second-order valence-corrected chi connectivity index (χ2v) is 11.0. The predicted molar refractivity (Wildman–Crippen MR) is 161 cm³/mol. The average molecular weight is 623 g/mol. The Morgan fingerprint density at radius 3 is 2.29 bits per heavy atom. The molecule has 7 nitrogen and oxygen atoms in total. The lowest BCUT2D eigenvalue weighted by molar-refractivity contribution is -0.140. The van der Waals surface area contributed by atoms with Gasteiger partial charge in [-0.25, -0.2) is 18.4 Å². The van der Waals surface area contributed by atoms with Gasteiger partial charge in [0.25, 0.3) is 0 Å². The van der Waals surface area contributed by atoms with Gasteiger partial charge in [-0.05, 0) is 30.2 Å². The second-order valence-electron chi connectivity index (χ2n) is 11.0. The zero-order chi connectivity index (χ0) is 31.7. The minimum absolute atomic E-state index is 0.0689. The summed E-state index contributed by atoms with van der Waals surface area (Å²) in [7, 11) is 1.57. The number of aromatic nitrogens is 4. The molecule has 1 aliphatic heterocycles. The van der Waals surface area contributed by atoms with Crippen LogP contribution < -0.4 is 9.64 Å². The lowest BCUT2D eigenvalue weighted by atomic mass is 10.0. The van der Waals surface area contributed by atoms with Crippen molar-refractivity contribution >= 4 is 17.0 Å². The van der Waals surface area contributed by atoms with Crippen LogP contribution in [0.25, 0.3) is 22.3 Å². The summed E-state index contributed by atoms with van der Waals surface area (Å²) in [5, 5.41) is 4.56. The quantitative estimate of drug-likeness (QED) is 0.181. The van der Waals surface area contributed by atoms with Crippen molar-refractivity contribution in [2.45, 2.75) is 32.2 Å². The maximum atomic E-state index is 15.9. The third-order valence-corrected chi connectivity index (χ3v) is 8.10. The highest BCUT2D eigenvalue weighted by Gasteiger charge is 2.39. The van der Waals surface area contributed by atoms with Crippen molar-refractivity contribution < 1.29 is 26.7 Å². The van der Waals surface area contributed by atoms with Crippen LogP contribution in [0, 0.1) is 11.6 Å². The van der Waals surface area contributed by atoms with Gasteiger partial charge in [0, 0.05) is 44.5 Å². The standard InChI is InChI=1S/C33H31F5N6O/c1-3-43-14-15-44(23(19-43)16-21-10-6-4-7-11-21)32-39-18-25-29(41-42(2)31(25)40-32)24-17-26(33(36,37)38)28(35)30(27(24)34)45-20-22-12-8-5-9-13-22/h4-13,17-18,23H,3,14-16,19-20H2,1-2H3/t23-/m1/s1. The van der Waals surface area contributed by atoms with Crippen molar-refractivity contribution in [3.63, 3.8) is 0 Å². The van der Waals surface area contributed by atoms with Crippen LogP contribution in [0.15, 0.2) is 72.9 Å². The van der Waals surface area contributed by atoms with Crippen molar-refractivity contribution in [1.82, 2.24) is 24.6 Å². The first-order chi connectivity index (χ1) is 21.6. The lowest BCUT2D eigenvalue weighted by Gasteiger charge is -2.41. The number of hydrogen-bond donors (Lipinski definition) is 0. The summed E-state index contributed by atoms with van der Waals surface area (Å²) in [5.74, 6) is -3.80. The van der Waals surface area contributed by atoms with Crippen LogP contribution >= 0.6 is 0 Å². The van der Waals surface area contributed by atoms with Crippen LogP contribution in [0.5, 0.6) is 5.75 Å². The molecule has 3 heterocycles. The summed E-state index contributed by atoms with van der Waals surface area (Å²) < 4.78 is 79.6. The van der Waals surface area contributed by atoms with Crippen molar-refractivity contribution in [2.24, 2.45) is 7.05 Å². The van der Waals surface area contributed by atoms with Gasteiger partial charge < -0.3 is 9.64 Å². The molecule has 0 amide bonds. The Hall–Kier alpha value is -4.58. The van der Waals surface area contributed by atoms with Gasteiger partial charge in [0.15, 0.2) is 23.0 Å². The molecule has 5 aromatic rings. The van der Waals surface area contributed by atoms with Gasteiger partial charge in [-0.2, -0.15) is 23.3 Å². The summed E-state index contributed by atoms with van der Waals surface area (Å²) in [6, 6.07) is 19.0. The van der Waals surface area contributed by atoms with E-state index in [9.17, 15) is 13.2 Å². The zero-order valence-electron chi connectivity index (χ0n) is 24.7. The fourth-order valence-corrected chi connectivity index (χ4v) is 5.74. The zero-order valence-corrected chi connectivity index (χ0v) is 24.7. The normalized spacial score (nSPS) is 16.0. The van der Waals surface area contributed by atoms with Gasteiger partial charge in [-0.1, -0.05) is 67.6 Å². The number of anilines is 1. The number of aryl methyl sites for hydroxylation is 1. The molecule has 1 saturated heterocycles. The molecule has 0 bridgehead atoms. The lowest BCUT2D eigenvalue weighted by Crippen LogP contribution is -2.54. The molecular weight excluding hydrogens is 591 g/mol. The topological polar surface area (TPSA) is 59.3 Å². The summed E-state index contributed by atoms with van der Waals surface area (Å²) in [4.78, 5) is 13.8. The summed E-state index contributed by atoms with van der Waals surface area (Å²) in [5.41, 5.74) is -0.363. The molecule has 0 spiro atoms. The first kappa shape index (κ1) is 30.4. The smallest absolute Gasteiger partial charge is 0.419 e. The molecule has 45 heavy (non-hydrogen) atoms. The molecule has 234 valence electrons. The molecule has 0 saturated carbocycles. The Morgan fingerprint density at radius 2 is 1.62 bits per heavy atom. The van der Waals surface area contributed by atoms with Crippen LogP contribution in [-0.4, -0.2) is 56.9 Å². The van der Waals surface area contributed by atoms with E-state index >= 15 is 8.78 Å². The number of alkyl halides is 3. The van der Waals surface area contributed by atoms with Crippen molar-refractivity contribution in [1.29, 1.82) is 0 Å². The van der Waals surface area contributed by atoms with Crippen molar-refractivity contribution in [2.75, 3.05) is 31.1 Å². The fraction of sp³-hybridized carbons (Fsp3) is 0.303. The maximum Gasteiger partial charge on any atom is 0.419 e. The Bertz CT molecular complexity index is 1800. The van der Waals surface area contributed by atoms with Gasteiger partial charge in [-0.3, -0.25) is 4.90 Å². The van der Waals surface area contributed by atoms with Crippen LogP contribution in [0.1, 0.15) is 23.6 Å². The first-order valence-electron chi connectivity index (χ1n) is 14.6. The molecular formula is C33H31F5N6O. The van der Waals surface area contributed by atoms with E-state index in [1.54, 1.807) is 37.4 Å². The molecule has 0 unspecified atom stereocenters. The van der Waals surface area contributed by atoms with Crippen LogP contribution in [0.2, 0.25) is 0 Å². The Labute approximate surface area is 256 Å². The predicted octanol–water partition coefficient (Wildman–Crippen LogP) is 6.66. The molecule has 1 fully saturated rings. The number of fused-ring (bicyclic) bond motifs is 1. The third kappa shape index (κ3) is 6.19. The Balaban J connectivity index is 1.39. The molecule has 3 aromatic carbocycles. The summed E-state index contributed by atoms with van der Waals surface area (Å²) >= 11 is 0. The van der Waals surface area contributed by atoms with Gasteiger partial charge in [0.05, 0.1) is 10.9 Å². The number of hydrogen-bond acceptors (Lipinski definition) is 6. The van der Waals surface area contributed by atoms with Gasteiger partial charge in [0.2, 0.25) is 5.95 Å². The second kappa shape index (κ2) is 12.4. The Morgan fingerprint density at radius 1 is 0.933 bits per heavy atom. The molecule has 2 aromatic heterocycles.